The summed E-state index contributed by atoms with van der Waals surface area (Å²) in [5, 5.41) is 3.37. The minimum absolute atomic E-state index is 0.290. The molecule has 4 unspecified atom stereocenters. The van der Waals surface area contributed by atoms with Crippen LogP contribution in [0, 0.1) is 11.8 Å². The average Bonchev–Trinajstić information content (AvgIpc) is 2.27. The first-order valence-electron chi connectivity index (χ1n) is 6.67. The number of hydrogen-bond acceptors (Lipinski definition) is 3. The maximum atomic E-state index is 6.12. The Morgan fingerprint density at radius 1 is 1.35 bits per heavy atom. The van der Waals surface area contributed by atoms with Gasteiger partial charge >= 0.3 is 0 Å². The molecular weight excluding hydrogens is 230 g/mol. The predicted molar refractivity (Wildman–Crippen MR) is 77.4 cm³/mol. The van der Waals surface area contributed by atoms with Gasteiger partial charge < -0.3 is 10.1 Å². The Balaban J connectivity index is 2.80. The van der Waals surface area contributed by atoms with E-state index in [1.165, 1.54) is 0 Å². The highest BCUT2D eigenvalue weighted by molar-refractivity contribution is 7.99. The fourth-order valence-electron chi connectivity index (χ4n) is 2.66. The fraction of sp³-hybridized carbons (Fsp3) is 0.857. The molecule has 2 nitrogen and oxygen atoms in total. The highest BCUT2D eigenvalue weighted by Gasteiger charge is 2.29. The maximum absolute atomic E-state index is 6.12. The van der Waals surface area contributed by atoms with Crippen molar-refractivity contribution in [3.05, 3.63) is 12.2 Å². The van der Waals surface area contributed by atoms with E-state index in [0.717, 1.165) is 12.2 Å². The molecule has 3 heteroatoms. The van der Waals surface area contributed by atoms with Crippen molar-refractivity contribution in [3.63, 3.8) is 0 Å². The van der Waals surface area contributed by atoms with Crippen LogP contribution >= 0.6 is 11.8 Å². The van der Waals surface area contributed by atoms with Crippen LogP contribution in [-0.4, -0.2) is 30.4 Å². The average molecular weight is 257 g/mol. The van der Waals surface area contributed by atoms with Gasteiger partial charge in [-0.25, -0.2) is 0 Å². The SMILES string of the molecule is CNC(C)C1C(C)OC(C)SCC/C=C/[C@@H]1C. The third-order valence-corrected chi connectivity index (χ3v) is 4.72. The summed E-state index contributed by atoms with van der Waals surface area (Å²) in [6.07, 6.45) is 6.13. The van der Waals surface area contributed by atoms with Crippen LogP contribution in [0.15, 0.2) is 12.2 Å². The van der Waals surface area contributed by atoms with Gasteiger partial charge in [-0.3, -0.25) is 0 Å². The number of ether oxygens (including phenoxy) is 1. The van der Waals surface area contributed by atoms with E-state index in [2.05, 4.69) is 45.2 Å². The van der Waals surface area contributed by atoms with Gasteiger partial charge in [-0.15, -0.1) is 11.8 Å². The summed E-state index contributed by atoms with van der Waals surface area (Å²) in [5.74, 6) is 2.24. The number of rotatable bonds is 2. The molecule has 0 saturated carbocycles. The van der Waals surface area contributed by atoms with Crippen LogP contribution in [0.25, 0.3) is 0 Å². The maximum Gasteiger partial charge on any atom is 0.100 e. The van der Waals surface area contributed by atoms with E-state index in [-0.39, 0.29) is 6.10 Å². The molecule has 1 N–H and O–H groups in total. The Morgan fingerprint density at radius 3 is 2.71 bits per heavy atom. The van der Waals surface area contributed by atoms with Crippen molar-refractivity contribution in [1.29, 1.82) is 0 Å². The number of nitrogens with one attached hydrogen (secondary N) is 1. The molecule has 0 aliphatic carbocycles. The zero-order valence-corrected chi connectivity index (χ0v) is 12.6. The van der Waals surface area contributed by atoms with Crippen molar-refractivity contribution in [2.75, 3.05) is 12.8 Å². The lowest BCUT2D eigenvalue weighted by molar-refractivity contribution is -0.00488. The summed E-state index contributed by atoms with van der Waals surface area (Å²) in [7, 11) is 2.03. The zero-order valence-electron chi connectivity index (χ0n) is 11.8. The first-order chi connectivity index (χ1) is 8.06. The Morgan fingerprint density at radius 2 is 2.06 bits per heavy atom. The second-order valence-electron chi connectivity index (χ2n) is 5.01. The van der Waals surface area contributed by atoms with E-state index in [9.17, 15) is 0 Å². The third-order valence-electron chi connectivity index (χ3n) is 3.66. The number of thioether (sulfide) groups is 1. The molecular formula is C14H27NOS. The lowest BCUT2D eigenvalue weighted by atomic mass is 9.83. The Hall–Kier alpha value is 0.01000. The molecule has 1 aliphatic heterocycles. The van der Waals surface area contributed by atoms with Crippen LogP contribution in [0.5, 0.6) is 0 Å². The molecule has 1 aliphatic rings. The third kappa shape index (κ3) is 4.65. The summed E-state index contributed by atoms with van der Waals surface area (Å²) in [4.78, 5) is 0. The largest absolute Gasteiger partial charge is 0.365 e. The standard InChI is InChI=1S/C14H27NOS/c1-10-8-6-7-9-17-13(4)16-12(3)14(10)11(2)15-5/h6,8,10-15H,7,9H2,1-5H3/b8-6+/t10-,11?,12?,13?,14?/m0/s1. The summed E-state index contributed by atoms with van der Waals surface area (Å²) >= 11 is 1.91. The molecule has 1 rings (SSSR count). The van der Waals surface area contributed by atoms with Crippen molar-refractivity contribution in [1.82, 2.24) is 5.32 Å². The summed E-state index contributed by atoms with van der Waals surface area (Å²) < 4.78 is 6.12. The molecule has 0 aromatic carbocycles. The van der Waals surface area contributed by atoms with Crippen molar-refractivity contribution in [2.45, 2.75) is 51.7 Å². The zero-order chi connectivity index (χ0) is 12.8. The van der Waals surface area contributed by atoms with Crippen LogP contribution in [0.4, 0.5) is 0 Å². The van der Waals surface area contributed by atoms with Gasteiger partial charge in [0.05, 0.1) is 6.10 Å². The van der Waals surface area contributed by atoms with Gasteiger partial charge in [-0.1, -0.05) is 19.1 Å². The Bertz CT molecular complexity index is 244. The molecule has 5 atom stereocenters. The van der Waals surface area contributed by atoms with E-state index >= 15 is 0 Å². The quantitative estimate of drug-likeness (QED) is 0.767. The molecule has 0 saturated heterocycles. The van der Waals surface area contributed by atoms with E-state index in [4.69, 9.17) is 4.74 Å². The van der Waals surface area contributed by atoms with Gasteiger partial charge in [0, 0.05) is 12.0 Å². The highest BCUT2D eigenvalue weighted by atomic mass is 32.2. The predicted octanol–water partition coefficient (Wildman–Crippen LogP) is 3.29. The summed E-state index contributed by atoms with van der Waals surface area (Å²) in [6.45, 7) is 8.92. The molecule has 0 amide bonds. The van der Waals surface area contributed by atoms with Crippen LogP contribution in [0.3, 0.4) is 0 Å². The van der Waals surface area contributed by atoms with Crippen molar-refractivity contribution in [2.24, 2.45) is 11.8 Å². The van der Waals surface area contributed by atoms with E-state index in [0.29, 0.717) is 23.3 Å². The molecule has 0 aromatic rings. The monoisotopic (exact) mass is 257 g/mol. The van der Waals surface area contributed by atoms with Crippen LogP contribution in [0.1, 0.15) is 34.1 Å². The highest BCUT2D eigenvalue weighted by Crippen LogP contribution is 2.28. The van der Waals surface area contributed by atoms with Gasteiger partial charge in [0.15, 0.2) is 0 Å². The summed E-state index contributed by atoms with van der Waals surface area (Å²) in [6, 6.07) is 0.473. The van der Waals surface area contributed by atoms with Gasteiger partial charge in [-0.2, -0.15) is 0 Å². The second kappa shape index (κ2) is 7.45. The van der Waals surface area contributed by atoms with Gasteiger partial charge in [0.1, 0.15) is 5.44 Å². The van der Waals surface area contributed by atoms with E-state index < -0.39 is 0 Å². The molecule has 0 radical (unpaired) electrons. The Kier molecular flexibility index (Phi) is 6.60. The normalized spacial score (nSPS) is 39.6. The van der Waals surface area contributed by atoms with Crippen LogP contribution in [-0.2, 0) is 4.74 Å². The van der Waals surface area contributed by atoms with Crippen LogP contribution in [0.2, 0.25) is 0 Å². The molecule has 17 heavy (non-hydrogen) atoms. The molecule has 0 bridgehead atoms. The molecule has 100 valence electrons. The second-order valence-corrected chi connectivity index (χ2v) is 6.42. The number of hydrogen-bond donors (Lipinski definition) is 1. The minimum atomic E-state index is 0.290. The topological polar surface area (TPSA) is 21.3 Å². The molecule has 0 aromatic heterocycles. The first-order valence-corrected chi connectivity index (χ1v) is 7.72. The molecule has 1 heterocycles. The van der Waals surface area contributed by atoms with E-state index in [1.54, 1.807) is 0 Å². The molecule has 0 spiro atoms. The fourth-order valence-corrected chi connectivity index (χ4v) is 3.51. The van der Waals surface area contributed by atoms with E-state index in [1.807, 2.05) is 18.8 Å². The molecule has 0 fully saturated rings. The number of allylic oxidation sites excluding steroid dienone is 2. The first kappa shape index (κ1) is 15.1. The Labute approximate surface area is 111 Å². The smallest absolute Gasteiger partial charge is 0.100 e. The van der Waals surface area contributed by atoms with Crippen molar-refractivity contribution < 1.29 is 4.74 Å². The van der Waals surface area contributed by atoms with Crippen LogP contribution < -0.4 is 5.32 Å². The van der Waals surface area contributed by atoms with Gasteiger partial charge in [0.2, 0.25) is 0 Å². The van der Waals surface area contributed by atoms with Crippen molar-refractivity contribution >= 4 is 11.8 Å². The van der Waals surface area contributed by atoms with Crippen molar-refractivity contribution in [3.8, 4) is 0 Å². The minimum Gasteiger partial charge on any atom is -0.365 e. The lowest BCUT2D eigenvalue weighted by Crippen LogP contribution is -2.42. The van der Waals surface area contributed by atoms with Gasteiger partial charge in [-0.05, 0) is 45.9 Å². The lowest BCUT2D eigenvalue weighted by Gasteiger charge is -2.35. The summed E-state index contributed by atoms with van der Waals surface area (Å²) in [5.41, 5.74) is 0.301. The van der Waals surface area contributed by atoms with Gasteiger partial charge in [0.25, 0.3) is 0 Å².